The monoisotopic (exact) mass is 248 g/mol. The molecule has 18 heavy (non-hydrogen) atoms. The average Bonchev–Trinajstić information content (AvgIpc) is 2.45. The first-order chi connectivity index (χ1) is 8.90. The fourth-order valence-corrected chi connectivity index (χ4v) is 2.20. The second-order valence-corrected chi connectivity index (χ2v) is 4.59. The molecule has 3 heteroatoms. The van der Waals surface area contributed by atoms with Gasteiger partial charge in [0, 0.05) is 12.2 Å². The largest absolute Gasteiger partial charge is 0.353 e. The molecular formula is C15H20O3. The molecule has 98 valence electrons. The Labute approximate surface area is 108 Å². The van der Waals surface area contributed by atoms with Crippen LogP contribution in [0.3, 0.4) is 0 Å². The van der Waals surface area contributed by atoms with Gasteiger partial charge in [-0.05, 0) is 37.7 Å². The maximum atomic E-state index is 10.9. The van der Waals surface area contributed by atoms with E-state index in [0.29, 0.717) is 6.61 Å². The second kappa shape index (κ2) is 7.29. The lowest BCUT2D eigenvalue weighted by atomic mass is 10.0. The summed E-state index contributed by atoms with van der Waals surface area (Å²) < 4.78 is 11.2. The summed E-state index contributed by atoms with van der Waals surface area (Å²) in [7, 11) is 0. The van der Waals surface area contributed by atoms with Gasteiger partial charge in [-0.3, -0.25) is 4.79 Å². The lowest BCUT2D eigenvalue weighted by Gasteiger charge is -2.22. The lowest BCUT2D eigenvalue weighted by Crippen LogP contribution is -2.22. The van der Waals surface area contributed by atoms with E-state index in [0.717, 1.165) is 49.7 Å². The van der Waals surface area contributed by atoms with E-state index in [-0.39, 0.29) is 6.29 Å². The van der Waals surface area contributed by atoms with Crippen LogP contribution in [0.2, 0.25) is 0 Å². The highest BCUT2D eigenvalue weighted by Gasteiger charge is 2.13. The number of carbonyl (C=O) groups is 1. The smallest absolute Gasteiger partial charge is 0.157 e. The predicted octanol–water partition coefficient (Wildman–Crippen LogP) is 2.97. The molecule has 0 N–H and O–H groups in total. The van der Waals surface area contributed by atoms with E-state index in [9.17, 15) is 4.79 Å². The lowest BCUT2D eigenvalue weighted by molar-refractivity contribution is -0.162. The Morgan fingerprint density at radius 3 is 3.00 bits per heavy atom. The van der Waals surface area contributed by atoms with Gasteiger partial charge in [0.1, 0.15) is 6.29 Å². The van der Waals surface area contributed by atoms with Crippen molar-refractivity contribution in [3.8, 4) is 0 Å². The molecule has 1 heterocycles. The Morgan fingerprint density at radius 1 is 1.33 bits per heavy atom. The molecule has 1 atom stereocenters. The first-order valence-corrected chi connectivity index (χ1v) is 6.66. The molecule has 3 nitrogen and oxygen atoms in total. The molecule has 0 amide bonds. The van der Waals surface area contributed by atoms with Gasteiger partial charge in [0.05, 0.1) is 6.61 Å². The summed E-state index contributed by atoms with van der Waals surface area (Å²) in [6.45, 7) is 1.51. The molecule has 0 spiro atoms. The second-order valence-electron chi connectivity index (χ2n) is 4.59. The first-order valence-electron chi connectivity index (χ1n) is 6.66. The number of rotatable bonds is 6. The number of ether oxygens (including phenoxy) is 2. The van der Waals surface area contributed by atoms with Gasteiger partial charge >= 0.3 is 0 Å². The van der Waals surface area contributed by atoms with E-state index in [4.69, 9.17) is 9.47 Å². The molecule has 2 rings (SSSR count). The van der Waals surface area contributed by atoms with Crippen molar-refractivity contribution < 1.29 is 14.3 Å². The van der Waals surface area contributed by atoms with Crippen LogP contribution >= 0.6 is 0 Å². The van der Waals surface area contributed by atoms with Crippen LogP contribution < -0.4 is 0 Å². The molecule has 0 aromatic heterocycles. The number of aldehydes is 1. The zero-order chi connectivity index (χ0) is 12.6. The Bertz CT molecular complexity index is 370. The van der Waals surface area contributed by atoms with Crippen molar-refractivity contribution in [3.05, 3.63) is 35.4 Å². The fraction of sp³-hybridized carbons (Fsp3) is 0.533. The van der Waals surface area contributed by atoms with Crippen LogP contribution in [0.5, 0.6) is 0 Å². The highest BCUT2D eigenvalue weighted by atomic mass is 16.7. The van der Waals surface area contributed by atoms with Crippen molar-refractivity contribution in [2.75, 3.05) is 13.2 Å². The SMILES string of the molecule is O=Cc1ccccc1CCCOC1CCCCO1. The Hall–Kier alpha value is -1.19. The van der Waals surface area contributed by atoms with Crippen molar-refractivity contribution in [1.29, 1.82) is 0 Å². The van der Waals surface area contributed by atoms with Crippen LogP contribution in [0.4, 0.5) is 0 Å². The molecule has 1 aliphatic heterocycles. The quantitative estimate of drug-likeness (QED) is 0.573. The van der Waals surface area contributed by atoms with Crippen molar-refractivity contribution in [1.82, 2.24) is 0 Å². The van der Waals surface area contributed by atoms with Crippen LogP contribution in [0, 0.1) is 0 Å². The van der Waals surface area contributed by atoms with Crippen molar-refractivity contribution in [3.63, 3.8) is 0 Å². The van der Waals surface area contributed by atoms with Gasteiger partial charge in [0.25, 0.3) is 0 Å². The van der Waals surface area contributed by atoms with Crippen molar-refractivity contribution in [2.45, 2.75) is 38.4 Å². The molecule has 0 saturated carbocycles. The van der Waals surface area contributed by atoms with E-state index in [2.05, 4.69) is 0 Å². The van der Waals surface area contributed by atoms with E-state index in [1.807, 2.05) is 24.3 Å². The molecule has 1 aromatic carbocycles. The summed E-state index contributed by atoms with van der Waals surface area (Å²) in [5.41, 5.74) is 1.88. The summed E-state index contributed by atoms with van der Waals surface area (Å²) in [5, 5.41) is 0. The van der Waals surface area contributed by atoms with Crippen LogP contribution in [-0.2, 0) is 15.9 Å². The zero-order valence-electron chi connectivity index (χ0n) is 10.6. The third kappa shape index (κ3) is 3.93. The summed E-state index contributed by atoms with van der Waals surface area (Å²) in [4.78, 5) is 10.9. The maximum Gasteiger partial charge on any atom is 0.157 e. The highest BCUT2D eigenvalue weighted by Crippen LogP contribution is 2.14. The van der Waals surface area contributed by atoms with Gasteiger partial charge < -0.3 is 9.47 Å². The average molecular weight is 248 g/mol. The van der Waals surface area contributed by atoms with Crippen molar-refractivity contribution in [2.24, 2.45) is 0 Å². The van der Waals surface area contributed by atoms with E-state index in [1.54, 1.807) is 0 Å². The molecule has 1 fully saturated rings. The molecule has 1 unspecified atom stereocenters. The first kappa shape index (κ1) is 13.2. The van der Waals surface area contributed by atoms with E-state index >= 15 is 0 Å². The number of hydrogen-bond donors (Lipinski definition) is 0. The number of aryl methyl sites for hydroxylation is 1. The van der Waals surface area contributed by atoms with Crippen LogP contribution in [-0.4, -0.2) is 25.8 Å². The Kier molecular flexibility index (Phi) is 5.36. The molecule has 1 aliphatic rings. The molecule has 0 aliphatic carbocycles. The molecule has 1 aromatic rings. The van der Waals surface area contributed by atoms with E-state index in [1.165, 1.54) is 6.42 Å². The fourth-order valence-electron chi connectivity index (χ4n) is 2.20. The molecule has 0 bridgehead atoms. The Balaban J connectivity index is 1.69. The normalized spacial score (nSPS) is 19.7. The highest BCUT2D eigenvalue weighted by molar-refractivity contribution is 5.77. The maximum absolute atomic E-state index is 10.9. The predicted molar refractivity (Wildman–Crippen MR) is 69.7 cm³/mol. The zero-order valence-corrected chi connectivity index (χ0v) is 10.6. The number of benzene rings is 1. The Morgan fingerprint density at radius 2 is 2.22 bits per heavy atom. The third-order valence-electron chi connectivity index (χ3n) is 3.21. The standard InChI is InChI=1S/C15H20O3/c16-12-14-7-2-1-6-13(14)8-5-11-18-15-9-3-4-10-17-15/h1-2,6-7,12,15H,3-5,8-11H2. The van der Waals surface area contributed by atoms with Crippen LogP contribution in [0.25, 0.3) is 0 Å². The van der Waals surface area contributed by atoms with Crippen LogP contribution in [0.15, 0.2) is 24.3 Å². The minimum Gasteiger partial charge on any atom is -0.353 e. The molecular weight excluding hydrogens is 228 g/mol. The summed E-state index contributed by atoms with van der Waals surface area (Å²) in [5.74, 6) is 0. The van der Waals surface area contributed by atoms with Gasteiger partial charge in [-0.15, -0.1) is 0 Å². The van der Waals surface area contributed by atoms with Gasteiger partial charge in [-0.25, -0.2) is 0 Å². The summed E-state index contributed by atoms with van der Waals surface area (Å²) in [6, 6.07) is 7.71. The van der Waals surface area contributed by atoms with Crippen molar-refractivity contribution >= 4 is 6.29 Å². The molecule has 1 saturated heterocycles. The number of carbonyl (C=O) groups excluding carboxylic acids is 1. The van der Waals surface area contributed by atoms with Crippen LogP contribution in [0.1, 0.15) is 41.6 Å². The summed E-state index contributed by atoms with van der Waals surface area (Å²) >= 11 is 0. The topological polar surface area (TPSA) is 35.5 Å². The minimum absolute atomic E-state index is 0.0138. The minimum atomic E-state index is -0.0138. The van der Waals surface area contributed by atoms with Gasteiger partial charge in [-0.2, -0.15) is 0 Å². The van der Waals surface area contributed by atoms with E-state index < -0.39 is 0 Å². The number of hydrogen-bond acceptors (Lipinski definition) is 3. The third-order valence-corrected chi connectivity index (χ3v) is 3.21. The van der Waals surface area contributed by atoms with Gasteiger partial charge in [-0.1, -0.05) is 24.3 Å². The molecule has 0 radical (unpaired) electrons. The van der Waals surface area contributed by atoms with Gasteiger partial charge in [0.2, 0.25) is 0 Å². The van der Waals surface area contributed by atoms with Gasteiger partial charge in [0.15, 0.2) is 6.29 Å². The summed E-state index contributed by atoms with van der Waals surface area (Å²) in [6.07, 6.45) is 6.04.